The number of halogens is 4. The zero-order chi connectivity index (χ0) is 14.0. The van der Waals surface area contributed by atoms with Gasteiger partial charge in [0, 0.05) is 42.3 Å². The van der Waals surface area contributed by atoms with Crippen LogP contribution in [0.5, 0.6) is 0 Å². The van der Waals surface area contributed by atoms with Crippen molar-refractivity contribution in [1.82, 2.24) is 10.2 Å². The first kappa shape index (κ1) is 21.1. The summed E-state index contributed by atoms with van der Waals surface area (Å²) in [6, 6.07) is 5.52. The Kier molecular flexibility index (Phi) is 8.74. The van der Waals surface area contributed by atoms with Gasteiger partial charge in [-0.15, -0.1) is 24.8 Å². The predicted molar refractivity (Wildman–Crippen MR) is 95.2 cm³/mol. The Balaban J connectivity index is 0.00000200. The van der Waals surface area contributed by atoms with Crippen molar-refractivity contribution in [3.63, 3.8) is 0 Å². The van der Waals surface area contributed by atoms with Gasteiger partial charge < -0.3 is 5.32 Å². The van der Waals surface area contributed by atoms with Gasteiger partial charge in [-0.2, -0.15) is 0 Å². The van der Waals surface area contributed by atoms with Gasteiger partial charge in [0.1, 0.15) is 5.82 Å². The van der Waals surface area contributed by atoms with Crippen molar-refractivity contribution in [2.75, 3.05) is 26.2 Å². The average Bonchev–Trinajstić information content (AvgIpc) is 2.32. The Morgan fingerprint density at radius 3 is 2.24 bits per heavy atom. The van der Waals surface area contributed by atoms with Gasteiger partial charge in [0.15, 0.2) is 0 Å². The van der Waals surface area contributed by atoms with Gasteiger partial charge in [0.2, 0.25) is 0 Å². The van der Waals surface area contributed by atoms with Crippen molar-refractivity contribution < 1.29 is 4.39 Å². The summed E-state index contributed by atoms with van der Waals surface area (Å²) < 4.78 is 15.1. The summed E-state index contributed by atoms with van der Waals surface area (Å²) in [5.41, 5.74) is 0.809. The van der Waals surface area contributed by atoms with Crippen molar-refractivity contribution in [3.05, 3.63) is 34.1 Å². The molecule has 1 aromatic carbocycles. The fourth-order valence-corrected chi connectivity index (χ4v) is 3.21. The third-order valence-electron chi connectivity index (χ3n) is 3.59. The molecule has 0 bridgehead atoms. The minimum Gasteiger partial charge on any atom is -0.314 e. The molecule has 1 saturated heterocycles. The van der Waals surface area contributed by atoms with Crippen LogP contribution in [0.2, 0.25) is 0 Å². The van der Waals surface area contributed by atoms with E-state index >= 15 is 0 Å². The number of hydrogen-bond donors (Lipinski definition) is 1. The van der Waals surface area contributed by atoms with E-state index in [1.807, 2.05) is 12.1 Å². The van der Waals surface area contributed by atoms with Gasteiger partial charge in [-0.1, -0.05) is 42.8 Å². The summed E-state index contributed by atoms with van der Waals surface area (Å²) in [7, 11) is 0. The van der Waals surface area contributed by atoms with E-state index in [2.05, 4.69) is 46.9 Å². The second kappa shape index (κ2) is 8.68. The van der Waals surface area contributed by atoms with Gasteiger partial charge in [-0.3, -0.25) is 4.90 Å². The van der Waals surface area contributed by atoms with Crippen LogP contribution in [0.15, 0.2) is 22.7 Å². The summed E-state index contributed by atoms with van der Waals surface area (Å²) in [4.78, 5) is 2.39. The second-order valence-electron chi connectivity index (χ2n) is 6.22. The molecule has 1 fully saturated rings. The highest BCUT2D eigenvalue weighted by molar-refractivity contribution is 9.10. The third kappa shape index (κ3) is 5.36. The van der Waals surface area contributed by atoms with Crippen LogP contribution in [0.1, 0.15) is 32.4 Å². The fraction of sp³-hybridized carbons (Fsp3) is 0.600. The minimum atomic E-state index is -0.118. The molecule has 1 heterocycles. The molecule has 1 aromatic rings. The van der Waals surface area contributed by atoms with E-state index in [1.165, 1.54) is 0 Å². The molecule has 0 radical (unpaired) electrons. The Hall–Kier alpha value is 0.130. The summed E-state index contributed by atoms with van der Waals surface area (Å²) >= 11 is 3.33. The molecule has 122 valence electrons. The first-order valence-corrected chi connectivity index (χ1v) is 7.58. The Morgan fingerprint density at radius 1 is 1.19 bits per heavy atom. The number of benzene rings is 1. The number of nitrogens with one attached hydrogen (secondary N) is 1. The quantitative estimate of drug-likeness (QED) is 0.788. The number of nitrogens with zero attached hydrogens (tertiary/aromatic N) is 1. The summed E-state index contributed by atoms with van der Waals surface area (Å²) in [6.45, 7) is 10.4. The number of hydrogen-bond acceptors (Lipinski definition) is 2. The van der Waals surface area contributed by atoms with E-state index in [-0.39, 0.29) is 42.1 Å². The van der Waals surface area contributed by atoms with Gasteiger partial charge in [-0.25, -0.2) is 4.39 Å². The molecular weight excluding hydrogens is 378 g/mol. The number of piperazine rings is 1. The van der Waals surface area contributed by atoms with E-state index in [0.29, 0.717) is 0 Å². The predicted octanol–water partition coefficient (Wildman–Crippen LogP) is 4.42. The molecule has 0 aliphatic carbocycles. The molecule has 2 nitrogen and oxygen atoms in total. The maximum absolute atomic E-state index is 14.3. The van der Waals surface area contributed by atoms with Crippen molar-refractivity contribution in [2.24, 2.45) is 5.41 Å². The SMILES string of the molecule is CC(C)(C)[C@@H](c1ccc(Br)cc1F)N1CCNCC1.Cl.Cl. The maximum atomic E-state index is 14.3. The summed E-state index contributed by atoms with van der Waals surface area (Å²) in [5.74, 6) is -0.118. The van der Waals surface area contributed by atoms with E-state index in [4.69, 9.17) is 0 Å². The lowest BCUT2D eigenvalue weighted by atomic mass is 9.80. The molecule has 1 N–H and O–H groups in total. The topological polar surface area (TPSA) is 15.3 Å². The highest BCUT2D eigenvalue weighted by atomic mass is 79.9. The largest absolute Gasteiger partial charge is 0.314 e. The smallest absolute Gasteiger partial charge is 0.129 e. The second-order valence-corrected chi connectivity index (χ2v) is 7.14. The molecule has 0 amide bonds. The molecule has 2 rings (SSSR count). The van der Waals surface area contributed by atoms with Gasteiger partial charge >= 0.3 is 0 Å². The van der Waals surface area contributed by atoms with Crippen molar-refractivity contribution in [1.29, 1.82) is 0 Å². The minimum absolute atomic E-state index is 0. The lowest BCUT2D eigenvalue weighted by Gasteiger charge is -2.42. The van der Waals surface area contributed by atoms with Crippen LogP contribution in [0.3, 0.4) is 0 Å². The zero-order valence-corrected chi connectivity index (χ0v) is 15.9. The van der Waals surface area contributed by atoms with Crippen molar-refractivity contribution >= 4 is 40.7 Å². The van der Waals surface area contributed by atoms with E-state index in [9.17, 15) is 4.39 Å². The molecule has 0 saturated carbocycles. The Bertz CT molecular complexity index is 446. The molecule has 0 unspecified atom stereocenters. The van der Waals surface area contributed by atoms with Crippen LogP contribution in [0.25, 0.3) is 0 Å². The molecular formula is C15H24BrCl2FN2. The first-order valence-electron chi connectivity index (χ1n) is 6.79. The standard InChI is InChI=1S/C15H22BrFN2.2ClH/c1-15(2,3)14(19-8-6-18-7-9-19)12-5-4-11(16)10-13(12)17;;/h4-5,10,14,18H,6-9H2,1-3H3;2*1H/t14-;;/m1../s1. The Labute approximate surface area is 147 Å². The number of rotatable bonds is 2. The van der Waals surface area contributed by atoms with Crippen molar-refractivity contribution in [3.8, 4) is 0 Å². The van der Waals surface area contributed by atoms with Crippen LogP contribution in [-0.4, -0.2) is 31.1 Å². The Morgan fingerprint density at radius 2 is 1.76 bits per heavy atom. The van der Waals surface area contributed by atoms with Crippen LogP contribution < -0.4 is 5.32 Å². The lowest BCUT2D eigenvalue weighted by molar-refractivity contribution is 0.0834. The molecule has 0 spiro atoms. The molecule has 1 atom stereocenters. The maximum Gasteiger partial charge on any atom is 0.129 e. The highest BCUT2D eigenvalue weighted by Crippen LogP contribution is 2.39. The zero-order valence-electron chi connectivity index (χ0n) is 12.7. The highest BCUT2D eigenvalue weighted by Gasteiger charge is 2.34. The van der Waals surface area contributed by atoms with E-state index < -0.39 is 0 Å². The average molecular weight is 402 g/mol. The van der Waals surface area contributed by atoms with Gasteiger partial charge in [-0.05, 0) is 17.5 Å². The molecule has 0 aromatic heterocycles. The van der Waals surface area contributed by atoms with Crippen LogP contribution >= 0.6 is 40.7 Å². The van der Waals surface area contributed by atoms with Gasteiger partial charge in [0.05, 0.1) is 0 Å². The molecule has 21 heavy (non-hydrogen) atoms. The summed E-state index contributed by atoms with van der Waals surface area (Å²) in [5, 5.41) is 3.35. The van der Waals surface area contributed by atoms with Crippen LogP contribution in [0.4, 0.5) is 4.39 Å². The van der Waals surface area contributed by atoms with E-state index in [0.717, 1.165) is 36.2 Å². The van der Waals surface area contributed by atoms with Crippen molar-refractivity contribution in [2.45, 2.75) is 26.8 Å². The summed E-state index contributed by atoms with van der Waals surface area (Å²) in [6.07, 6.45) is 0. The molecule has 6 heteroatoms. The first-order chi connectivity index (χ1) is 8.89. The third-order valence-corrected chi connectivity index (χ3v) is 4.09. The normalized spacial score (nSPS) is 17.6. The van der Waals surface area contributed by atoms with E-state index in [1.54, 1.807) is 6.07 Å². The van der Waals surface area contributed by atoms with Crippen LogP contribution in [-0.2, 0) is 0 Å². The fourth-order valence-electron chi connectivity index (χ4n) is 2.87. The lowest BCUT2D eigenvalue weighted by Crippen LogP contribution is -2.48. The van der Waals surface area contributed by atoms with Crippen LogP contribution in [0, 0.1) is 11.2 Å². The monoisotopic (exact) mass is 400 g/mol. The molecule has 1 aliphatic heterocycles. The van der Waals surface area contributed by atoms with Gasteiger partial charge in [0.25, 0.3) is 0 Å². The molecule has 1 aliphatic rings.